The molecule has 1 fully saturated rings. The Labute approximate surface area is 208 Å². The minimum absolute atomic E-state index is 0.113. The number of amides is 2. The zero-order valence-corrected chi connectivity index (χ0v) is 21.6. The molecule has 1 aromatic carbocycles. The second kappa shape index (κ2) is 10.6. The van der Waals surface area contributed by atoms with Crippen LogP contribution in [0.1, 0.15) is 45.1 Å². The highest BCUT2D eigenvalue weighted by Crippen LogP contribution is 2.45. The number of allylic oxidation sites excluding steroid dienone is 2. The number of imide groups is 1. The van der Waals surface area contributed by atoms with E-state index in [4.69, 9.17) is 4.74 Å². The molecule has 0 saturated carbocycles. The zero-order chi connectivity index (χ0) is 24.4. The number of phenolic OH excluding ortho intramolecular Hbond substituents is 1. The van der Waals surface area contributed by atoms with Gasteiger partial charge in [0, 0.05) is 13.0 Å². The summed E-state index contributed by atoms with van der Waals surface area (Å²) in [7, 11) is 3.00. The number of halogens is 1. The fourth-order valence-corrected chi connectivity index (χ4v) is 5.80. The smallest absolute Gasteiger partial charge is 0.233 e. The number of hydrogen-bond donors (Lipinski definition) is 3. The van der Waals surface area contributed by atoms with Crippen LogP contribution in [-0.4, -0.2) is 58.9 Å². The molecule has 0 spiro atoms. The molecule has 180 valence electrons. The molecule has 4 atom stereocenters. The standard InChI is InChI=1S/C25H32INO6/c1-5-14(9-15-10-18(26)23(30)20(11-15)33-4)6-7-19(29)21-13(2)8-16-22(17(21)12-28)25(32)27(3)24(16)31/h9-11,16-17,19,22,28-30H,5-8,12H2,1-4H3/b14-9+/t16-,17+,19-,22-/m1/s1. The Morgan fingerprint density at radius 2 is 2.03 bits per heavy atom. The Balaban J connectivity index is 1.79. The summed E-state index contributed by atoms with van der Waals surface area (Å²) in [4.78, 5) is 26.3. The fraction of sp³-hybridized carbons (Fsp3) is 0.520. The summed E-state index contributed by atoms with van der Waals surface area (Å²) in [6.45, 7) is 3.65. The van der Waals surface area contributed by atoms with Crippen LogP contribution in [0.3, 0.4) is 0 Å². The van der Waals surface area contributed by atoms with Gasteiger partial charge in [-0.05, 0) is 78.5 Å². The molecule has 7 nitrogen and oxygen atoms in total. The van der Waals surface area contributed by atoms with E-state index < -0.39 is 23.9 Å². The summed E-state index contributed by atoms with van der Waals surface area (Å²) in [6.07, 6.45) is 3.53. The van der Waals surface area contributed by atoms with Crippen LogP contribution in [0.4, 0.5) is 0 Å². The van der Waals surface area contributed by atoms with Crippen molar-refractivity contribution in [3.8, 4) is 11.5 Å². The summed E-state index contributed by atoms with van der Waals surface area (Å²) in [5, 5.41) is 31.3. The van der Waals surface area contributed by atoms with Gasteiger partial charge in [-0.15, -0.1) is 0 Å². The van der Waals surface area contributed by atoms with E-state index in [9.17, 15) is 24.9 Å². The number of benzene rings is 1. The molecule has 2 aliphatic rings. The van der Waals surface area contributed by atoms with Crippen LogP contribution in [0.25, 0.3) is 6.08 Å². The van der Waals surface area contributed by atoms with Crippen molar-refractivity contribution in [1.82, 2.24) is 4.90 Å². The number of phenols is 1. The number of aliphatic hydroxyl groups excluding tert-OH is 2. The lowest BCUT2D eigenvalue weighted by molar-refractivity contribution is -0.138. The van der Waals surface area contributed by atoms with Crippen molar-refractivity contribution in [2.24, 2.45) is 17.8 Å². The van der Waals surface area contributed by atoms with Crippen molar-refractivity contribution in [1.29, 1.82) is 0 Å². The largest absolute Gasteiger partial charge is 0.504 e. The quantitative estimate of drug-likeness (QED) is 0.252. The summed E-state index contributed by atoms with van der Waals surface area (Å²) >= 11 is 2.06. The first-order chi connectivity index (χ1) is 15.6. The minimum Gasteiger partial charge on any atom is -0.504 e. The van der Waals surface area contributed by atoms with Gasteiger partial charge in [0.05, 0.1) is 35.2 Å². The van der Waals surface area contributed by atoms with E-state index in [-0.39, 0.29) is 24.2 Å². The van der Waals surface area contributed by atoms with E-state index in [2.05, 4.69) is 22.6 Å². The lowest BCUT2D eigenvalue weighted by atomic mass is 9.68. The Kier molecular flexibility index (Phi) is 8.23. The number of likely N-dealkylation sites (tertiary alicyclic amines) is 1. The maximum absolute atomic E-state index is 12.7. The Morgan fingerprint density at radius 3 is 2.64 bits per heavy atom. The average molecular weight is 569 g/mol. The molecular weight excluding hydrogens is 537 g/mol. The molecule has 0 radical (unpaired) electrons. The number of aliphatic hydroxyl groups is 2. The Morgan fingerprint density at radius 1 is 1.33 bits per heavy atom. The minimum atomic E-state index is -0.804. The normalized spacial score (nSPS) is 24.4. The van der Waals surface area contributed by atoms with Crippen molar-refractivity contribution in [2.75, 3.05) is 20.8 Å². The summed E-state index contributed by atoms with van der Waals surface area (Å²) in [5.74, 6) is -1.55. The predicted molar refractivity (Wildman–Crippen MR) is 134 cm³/mol. The molecule has 1 aromatic rings. The number of ether oxygens (including phenoxy) is 1. The van der Waals surface area contributed by atoms with Gasteiger partial charge in [0.1, 0.15) is 0 Å². The number of rotatable bonds is 8. The Hall–Kier alpha value is -1.91. The maximum atomic E-state index is 12.7. The third-order valence-corrected chi connectivity index (χ3v) is 7.76. The topological polar surface area (TPSA) is 107 Å². The van der Waals surface area contributed by atoms with Crippen LogP contribution in [-0.2, 0) is 9.59 Å². The number of carbonyl (C=O) groups excluding carboxylic acids is 2. The van der Waals surface area contributed by atoms with E-state index in [1.165, 1.54) is 14.2 Å². The molecule has 8 heteroatoms. The van der Waals surface area contributed by atoms with Crippen molar-refractivity contribution in [3.63, 3.8) is 0 Å². The molecule has 0 aromatic heterocycles. The van der Waals surface area contributed by atoms with Gasteiger partial charge >= 0.3 is 0 Å². The number of hydrogen-bond acceptors (Lipinski definition) is 6. The van der Waals surface area contributed by atoms with E-state index in [1.807, 2.05) is 26.0 Å². The first kappa shape index (κ1) is 25.7. The van der Waals surface area contributed by atoms with Crippen LogP contribution in [0.2, 0.25) is 0 Å². The van der Waals surface area contributed by atoms with Crippen molar-refractivity contribution >= 4 is 40.5 Å². The van der Waals surface area contributed by atoms with Gasteiger partial charge in [-0.3, -0.25) is 14.5 Å². The van der Waals surface area contributed by atoms with E-state index in [1.54, 1.807) is 6.07 Å². The first-order valence-electron chi connectivity index (χ1n) is 11.2. The molecule has 1 saturated heterocycles. The highest BCUT2D eigenvalue weighted by atomic mass is 127. The molecule has 1 aliphatic heterocycles. The third-order valence-electron chi connectivity index (χ3n) is 6.94. The predicted octanol–water partition coefficient (Wildman–Crippen LogP) is 3.50. The van der Waals surface area contributed by atoms with Gasteiger partial charge < -0.3 is 20.1 Å². The molecule has 3 rings (SSSR count). The van der Waals surface area contributed by atoms with Gasteiger partial charge in [0.25, 0.3) is 0 Å². The average Bonchev–Trinajstić information content (AvgIpc) is 3.01. The lowest BCUT2D eigenvalue weighted by Crippen LogP contribution is -2.38. The highest BCUT2D eigenvalue weighted by Gasteiger charge is 2.53. The lowest BCUT2D eigenvalue weighted by Gasteiger charge is -2.35. The van der Waals surface area contributed by atoms with Crippen LogP contribution in [0.15, 0.2) is 28.9 Å². The third kappa shape index (κ3) is 4.97. The van der Waals surface area contributed by atoms with E-state index in [0.717, 1.165) is 28.0 Å². The molecule has 2 amide bonds. The number of methoxy groups -OCH3 is 1. The monoisotopic (exact) mass is 569 g/mol. The van der Waals surface area contributed by atoms with Crippen molar-refractivity contribution in [3.05, 3.63) is 38.0 Å². The van der Waals surface area contributed by atoms with Gasteiger partial charge in [-0.25, -0.2) is 0 Å². The molecule has 1 aliphatic carbocycles. The summed E-state index contributed by atoms with van der Waals surface area (Å²) in [6, 6.07) is 3.65. The summed E-state index contributed by atoms with van der Waals surface area (Å²) < 4.78 is 5.94. The number of aromatic hydroxyl groups is 1. The molecule has 33 heavy (non-hydrogen) atoms. The molecule has 1 heterocycles. The number of carbonyl (C=O) groups is 2. The van der Waals surface area contributed by atoms with Crippen molar-refractivity contribution < 1.29 is 29.6 Å². The Bertz CT molecular complexity index is 1000. The highest BCUT2D eigenvalue weighted by molar-refractivity contribution is 14.1. The van der Waals surface area contributed by atoms with Crippen LogP contribution < -0.4 is 4.74 Å². The maximum Gasteiger partial charge on any atom is 0.233 e. The van der Waals surface area contributed by atoms with Gasteiger partial charge in [-0.2, -0.15) is 0 Å². The van der Waals surface area contributed by atoms with Gasteiger partial charge in [-0.1, -0.05) is 24.1 Å². The van der Waals surface area contributed by atoms with E-state index in [0.29, 0.717) is 34.2 Å². The van der Waals surface area contributed by atoms with Crippen LogP contribution in [0, 0.1) is 21.3 Å². The molecule has 0 bridgehead atoms. The second-order valence-corrected chi connectivity index (χ2v) is 10.0. The molecular formula is C25H32INO6. The summed E-state index contributed by atoms with van der Waals surface area (Å²) in [5.41, 5.74) is 3.62. The number of nitrogens with zero attached hydrogens (tertiary/aromatic N) is 1. The zero-order valence-electron chi connectivity index (χ0n) is 19.5. The number of fused-ring (bicyclic) bond motifs is 1. The second-order valence-electron chi connectivity index (χ2n) is 8.86. The SMILES string of the molecule is CC/C(=C\c1cc(I)c(O)c(OC)c1)CC[C@@H](O)C1=C(C)C[C@H]2C(=O)N(C)C(=O)[C@H]2[C@H]1CO. The van der Waals surface area contributed by atoms with Gasteiger partial charge in [0.15, 0.2) is 11.5 Å². The molecule has 0 unspecified atom stereocenters. The van der Waals surface area contributed by atoms with Crippen LogP contribution >= 0.6 is 22.6 Å². The van der Waals surface area contributed by atoms with Crippen molar-refractivity contribution in [2.45, 2.75) is 45.6 Å². The van der Waals surface area contributed by atoms with Crippen LogP contribution in [0.5, 0.6) is 11.5 Å². The first-order valence-corrected chi connectivity index (χ1v) is 12.3. The molecule has 3 N–H and O–H groups in total. The van der Waals surface area contributed by atoms with E-state index >= 15 is 0 Å². The van der Waals surface area contributed by atoms with Gasteiger partial charge in [0.2, 0.25) is 11.8 Å². The fourth-order valence-electron chi connectivity index (χ4n) is 5.17.